The zero-order valence-electron chi connectivity index (χ0n) is 9.17. The van der Waals surface area contributed by atoms with E-state index in [1.165, 1.54) is 17.4 Å². The Hall–Kier alpha value is -1.19. The highest BCUT2D eigenvalue weighted by molar-refractivity contribution is 7.10. The van der Waals surface area contributed by atoms with E-state index in [1.807, 2.05) is 12.3 Å². The van der Waals surface area contributed by atoms with Gasteiger partial charge in [-0.25, -0.2) is 4.39 Å². The van der Waals surface area contributed by atoms with E-state index >= 15 is 0 Å². The first-order valence-electron chi connectivity index (χ1n) is 5.10. The van der Waals surface area contributed by atoms with Gasteiger partial charge in [0, 0.05) is 16.9 Å². The molecule has 0 unspecified atom stereocenters. The summed E-state index contributed by atoms with van der Waals surface area (Å²) in [4.78, 5) is 12.9. The number of aryl methyl sites for hydroxylation is 1. The van der Waals surface area contributed by atoms with E-state index in [-0.39, 0.29) is 17.2 Å². The van der Waals surface area contributed by atoms with Gasteiger partial charge in [-0.2, -0.15) is 0 Å². The summed E-state index contributed by atoms with van der Waals surface area (Å²) in [6, 6.07) is 6.47. The van der Waals surface area contributed by atoms with Crippen molar-refractivity contribution in [1.82, 2.24) is 0 Å². The van der Waals surface area contributed by atoms with Crippen molar-refractivity contribution in [1.29, 1.82) is 0 Å². The molecule has 0 aliphatic rings. The summed E-state index contributed by atoms with van der Waals surface area (Å²) in [5, 5.41) is 1.91. The topological polar surface area (TPSA) is 17.1 Å². The number of carbonyl (C=O) groups excluding carboxylic acids is 1. The Bertz CT molecular complexity index is 562. The summed E-state index contributed by atoms with van der Waals surface area (Å²) in [6.45, 7) is 1.88. The van der Waals surface area contributed by atoms with Gasteiger partial charge in [0.25, 0.3) is 0 Å². The quantitative estimate of drug-likeness (QED) is 0.760. The van der Waals surface area contributed by atoms with Gasteiger partial charge in [0.2, 0.25) is 0 Å². The second-order valence-corrected chi connectivity index (χ2v) is 5.23. The number of Topliss-reactive ketones (excluding diaryl/α,β-unsaturated/α-hetero) is 1. The monoisotopic (exact) mass is 268 g/mol. The fourth-order valence-electron chi connectivity index (χ4n) is 1.63. The van der Waals surface area contributed by atoms with Crippen LogP contribution in [0.1, 0.15) is 20.8 Å². The van der Waals surface area contributed by atoms with Crippen LogP contribution in [0.2, 0.25) is 5.02 Å². The molecule has 0 saturated carbocycles. The molecule has 0 atom stereocenters. The van der Waals surface area contributed by atoms with Crippen LogP contribution >= 0.6 is 22.9 Å². The summed E-state index contributed by atoms with van der Waals surface area (Å²) < 4.78 is 13.6. The third kappa shape index (κ3) is 2.56. The maximum absolute atomic E-state index is 13.6. The lowest BCUT2D eigenvalue weighted by atomic mass is 10.0. The number of thiophene rings is 1. The first kappa shape index (κ1) is 12.3. The van der Waals surface area contributed by atoms with Crippen LogP contribution in [-0.4, -0.2) is 5.78 Å². The van der Waals surface area contributed by atoms with E-state index < -0.39 is 5.82 Å². The predicted molar refractivity (Wildman–Crippen MR) is 68.5 cm³/mol. The normalized spacial score (nSPS) is 10.5. The van der Waals surface area contributed by atoms with E-state index in [1.54, 1.807) is 18.2 Å². The van der Waals surface area contributed by atoms with Crippen molar-refractivity contribution in [3.8, 4) is 0 Å². The van der Waals surface area contributed by atoms with Crippen LogP contribution in [0.5, 0.6) is 0 Å². The number of benzene rings is 1. The first-order valence-corrected chi connectivity index (χ1v) is 6.35. The van der Waals surface area contributed by atoms with E-state index in [4.69, 9.17) is 11.6 Å². The van der Waals surface area contributed by atoms with Gasteiger partial charge >= 0.3 is 0 Å². The molecule has 2 rings (SSSR count). The van der Waals surface area contributed by atoms with Crippen LogP contribution in [-0.2, 0) is 6.42 Å². The third-order valence-electron chi connectivity index (χ3n) is 2.54. The lowest BCUT2D eigenvalue weighted by Gasteiger charge is -2.03. The molecule has 1 aromatic heterocycles. The second kappa shape index (κ2) is 4.98. The Morgan fingerprint density at radius 3 is 2.82 bits per heavy atom. The maximum atomic E-state index is 13.6. The summed E-state index contributed by atoms with van der Waals surface area (Å²) in [6.07, 6.45) is 0.0456. The van der Waals surface area contributed by atoms with Crippen LogP contribution in [0, 0.1) is 12.7 Å². The molecule has 0 aliphatic carbocycles. The second-order valence-electron chi connectivity index (χ2n) is 3.70. The number of rotatable bonds is 3. The molecule has 2 aromatic rings. The first-order chi connectivity index (χ1) is 8.09. The third-order valence-corrected chi connectivity index (χ3v) is 3.68. The largest absolute Gasteiger partial charge is 0.294 e. The van der Waals surface area contributed by atoms with Crippen molar-refractivity contribution in [3.63, 3.8) is 0 Å². The highest BCUT2D eigenvalue weighted by Gasteiger charge is 2.14. The summed E-state index contributed by atoms with van der Waals surface area (Å²) in [5.74, 6) is -0.583. The van der Waals surface area contributed by atoms with E-state index in [2.05, 4.69) is 0 Å². The van der Waals surface area contributed by atoms with Gasteiger partial charge in [0.1, 0.15) is 5.82 Å². The zero-order chi connectivity index (χ0) is 12.4. The molecule has 1 nitrogen and oxygen atoms in total. The average molecular weight is 269 g/mol. The molecule has 1 heterocycles. The molecule has 17 heavy (non-hydrogen) atoms. The van der Waals surface area contributed by atoms with Crippen molar-refractivity contribution < 1.29 is 9.18 Å². The molecule has 4 heteroatoms. The molecule has 0 saturated heterocycles. The van der Waals surface area contributed by atoms with Gasteiger partial charge < -0.3 is 0 Å². The number of hydrogen-bond donors (Lipinski definition) is 0. The number of halogens is 2. The lowest BCUT2D eigenvalue weighted by Crippen LogP contribution is -2.05. The Morgan fingerprint density at radius 1 is 1.41 bits per heavy atom. The molecular formula is C13H10ClFOS. The van der Waals surface area contributed by atoms with Gasteiger partial charge in [-0.05, 0) is 30.0 Å². The number of ketones is 1. The molecule has 1 aromatic carbocycles. The molecule has 0 aliphatic heterocycles. The van der Waals surface area contributed by atoms with E-state index in [0.29, 0.717) is 11.1 Å². The van der Waals surface area contributed by atoms with Crippen molar-refractivity contribution in [2.75, 3.05) is 0 Å². The zero-order valence-corrected chi connectivity index (χ0v) is 10.7. The highest BCUT2D eigenvalue weighted by Crippen LogP contribution is 2.21. The van der Waals surface area contributed by atoms with Crippen LogP contribution in [0.3, 0.4) is 0 Å². The fourth-order valence-corrected chi connectivity index (χ4v) is 2.54. The lowest BCUT2D eigenvalue weighted by molar-refractivity contribution is 0.0992. The Balaban J connectivity index is 2.25. The number of hydrogen-bond acceptors (Lipinski definition) is 2. The molecule has 0 N–H and O–H groups in total. The average Bonchev–Trinajstić information content (AvgIpc) is 2.71. The minimum absolute atomic E-state index is 0.0456. The van der Waals surface area contributed by atoms with E-state index in [9.17, 15) is 9.18 Å². The van der Waals surface area contributed by atoms with Gasteiger partial charge in [-0.1, -0.05) is 23.7 Å². The molecule has 0 bridgehead atoms. The van der Waals surface area contributed by atoms with Crippen LogP contribution in [0.25, 0.3) is 0 Å². The van der Waals surface area contributed by atoms with E-state index in [0.717, 1.165) is 4.88 Å². The summed E-state index contributed by atoms with van der Waals surface area (Å²) in [5.41, 5.74) is 1.00. The Labute approximate surface area is 108 Å². The predicted octanol–water partition coefficient (Wildman–Crippen LogP) is 4.27. The smallest absolute Gasteiger partial charge is 0.168 e. The Kier molecular flexibility index (Phi) is 3.60. The molecule has 0 radical (unpaired) electrons. The van der Waals surface area contributed by atoms with Crippen molar-refractivity contribution in [2.45, 2.75) is 13.3 Å². The Morgan fingerprint density at radius 2 is 2.18 bits per heavy atom. The minimum Gasteiger partial charge on any atom is -0.294 e. The van der Waals surface area contributed by atoms with Gasteiger partial charge in [-0.15, -0.1) is 11.3 Å². The highest BCUT2D eigenvalue weighted by atomic mass is 35.5. The maximum Gasteiger partial charge on any atom is 0.168 e. The molecule has 0 spiro atoms. The van der Waals surface area contributed by atoms with Crippen LogP contribution in [0.4, 0.5) is 4.39 Å². The van der Waals surface area contributed by atoms with Crippen LogP contribution < -0.4 is 0 Å². The molecule has 0 amide bonds. The summed E-state index contributed by atoms with van der Waals surface area (Å²) in [7, 11) is 0. The van der Waals surface area contributed by atoms with Gasteiger partial charge in [0.05, 0.1) is 5.02 Å². The standard InChI is InChI=1S/C13H10ClFOS/c1-8-10(5-6-17-8)12(16)7-9-3-2-4-11(14)13(9)15/h2-6H,7H2,1H3. The molecular weight excluding hydrogens is 259 g/mol. The van der Waals surface area contributed by atoms with Crippen LogP contribution in [0.15, 0.2) is 29.6 Å². The fraction of sp³-hybridized carbons (Fsp3) is 0.154. The SMILES string of the molecule is Cc1sccc1C(=O)Cc1cccc(Cl)c1F. The van der Waals surface area contributed by atoms with Gasteiger partial charge in [0.15, 0.2) is 5.78 Å². The van der Waals surface area contributed by atoms with Crippen molar-refractivity contribution in [2.24, 2.45) is 0 Å². The van der Waals surface area contributed by atoms with Gasteiger partial charge in [-0.3, -0.25) is 4.79 Å². The summed E-state index contributed by atoms with van der Waals surface area (Å²) >= 11 is 7.18. The minimum atomic E-state index is -0.504. The van der Waals surface area contributed by atoms with Crippen molar-refractivity contribution in [3.05, 3.63) is 56.5 Å². The molecule has 0 fully saturated rings. The molecule has 88 valence electrons. The number of carbonyl (C=O) groups is 1. The van der Waals surface area contributed by atoms with Crippen molar-refractivity contribution >= 4 is 28.7 Å².